The summed E-state index contributed by atoms with van der Waals surface area (Å²) in [5.41, 5.74) is 4.11. The second-order valence-corrected chi connectivity index (χ2v) is 9.44. The Hall–Kier alpha value is -2.70. The van der Waals surface area contributed by atoms with Crippen LogP contribution >= 0.6 is 12.4 Å². The minimum absolute atomic E-state index is 0. The van der Waals surface area contributed by atoms with Crippen LogP contribution in [-0.4, -0.2) is 47.0 Å². The minimum Gasteiger partial charge on any atom is -0.374 e. The Bertz CT molecular complexity index is 1050. The van der Waals surface area contributed by atoms with Crippen molar-refractivity contribution in [2.24, 2.45) is 5.92 Å². The summed E-state index contributed by atoms with van der Waals surface area (Å²) in [4.78, 5) is 19.7. The fraction of sp³-hybridized carbons (Fsp3) is 0.345. The minimum atomic E-state index is -0.478. The predicted molar refractivity (Wildman–Crippen MR) is 143 cm³/mol. The number of fused-ring (bicyclic) bond motifs is 1. The third-order valence-corrected chi connectivity index (χ3v) is 7.17. The lowest BCUT2D eigenvalue weighted by atomic mass is 9.96. The van der Waals surface area contributed by atoms with Crippen LogP contribution in [0.15, 0.2) is 84.9 Å². The molecule has 1 atom stereocenters. The number of hydrogen-bond donors (Lipinski definition) is 1. The molecule has 1 amide bonds. The number of carbonyl (C=O) groups excluding carboxylic acids is 1. The number of aliphatic hydroxyl groups is 1. The van der Waals surface area contributed by atoms with E-state index in [9.17, 15) is 9.90 Å². The van der Waals surface area contributed by atoms with Crippen molar-refractivity contribution < 1.29 is 9.90 Å². The van der Waals surface area contributed by atoms with Gasteiger partial charge in [-0.15, -0.1) is 12.4 Å². The Morgan fingerprint density at radius 2 is 1.43 bits per heavy atom. The topological polar surface area (TPSA) is 47.0 Å². The number of aliphatic hydroxyl groups excluding tert-OH is 1. The van der Waals surface area contributed by atoms with Crippen LogP contribution in [0.5, 0.6) is 0 Å². The van der Waals surface area contributed by atoms with Crippen molar-refractivity contribution in [1.82, 2.24) is 9.80 Å². The van der Waals surface area contributed by atoms with Crippen LogP contribution in [0, 0.1) is 5.92 Å². The molecule has 0 aromatic heterocycles. The number of halogens is 1. The number of amides is 1. The van der Waals surface area contributed by atoms with Gasteiger partial charge in [0.2, 0.25) is 5.91 Å². The third-order valence-electron chi connectivity index (χ3n) is 7.17. The Morgan fingerprint density at radius 3 is 2.03 bits per heavy atom. The number of anilines is 2. The highest BCUT2D eigenvalue weighted by atomic mass is 35.5. The summed E-state index contributed by atoms with van der Waals surface area (Å²) < 4.78 is 0. The van der Waals surface area contributed by atoms with E-state index < -0.39 is 6.23 Å². The van der Waals surface area contributed by atoms with Crippen molar-refractivity contribution in [3.05, 3.63) is 96.1 Å². The van der Waals surface area contributed by atoms with Gasteiger partial charge in [0.1, 0.15) is 6.23 Å². The van der Waals surface area contributed by atoms with Crippen molar-refractivity contribution in [3.63, 3.8) is 0 Å². The Balaban J connectivity index is 0.00000289. The Morgan fingerprint density at radius 1 is 0.857 bits per heavy atom. The van der Waals surface area contributed by atoms with Crippen LogP contribution in [0.1, 0.15) is 36.6 Å². The molecular formula is C29H34ClN3O2. The summed E-state index contributed by atoms with van der Waals surface area (Å²) in [6.07, 6.45) is 2.23. The number of carbonyl (C=O) groups is 1. The largest absolute Gasteiger partial charge is 0.374 e. The zero-order valence-electron chi connectivity index (χ0n) is 20.0. The number of nitrogens with zero attached hydrogens (tertiary/aromatic N) is 3. The number of para-hydroxylation sites is 2. The second-order valence-electron chi connectivity index (χ2n) is 9.44. The maximum absolute atomic E-state index is 13.3. The zero-order valence-corrected chi connectivity index (χ0v) is 20.8. The highest BCUT2D eigenvalue weighted by Gasteiger charge is 2.31. The molecule has 0 aliphatic carbocycles. The van der Waals surface area contributed by atoms with E-state index in [1.165, 1.54) is 5.56 Å². The summed E-state index contributed by atoms with van der Waals surface area (Å²) >= 11 is 0. The Labute approximate surface area is 214 Å². The maximum atomic E-state index is 13.3. The van der Waals surface area contributed by atoms with Gasteiger partial charge in [0.15, 0.2) is 0 Å². The molecule has 3 aromatic carbocycles. The van der Waals surface area contributed by atoms with Gasteiger partial charge in [-0.2, -0.15) is 0 Å². The molecular weight excluding hydrogens is 458 g/mol. The molecule has 0 spiro atoms. The van der Waals surface area contributed by atoms with Gasteiger partial charge in [0.25, 0.3) is 0 Å². The molecule has 0 saturated carbocycles. The van der Waals surface area contributed by atoms with Gasteiger partial charge in [-0.3, -0.25) is 14.6 Å². The zero-order chi connectivity index (χ0) is 23.3. The van der Waals surface area contributed by atoms with Gasteiger partial charge in [-0.25, -0.2) is 0 Å². The van der Waals surface area contributed by atoms with E-state index in [0.29, 0.717) is 12.3 Å². The SMILES string of the molecule is Cl.O=C(CCN1CCC(CN2Cc3ccccc3C2O)CC1)N(c1ccccc1)c1ccccc1. The van der Waals surface area contributed by atoms with Crippen LogP contribution in [0.2, 0.25) is 0 Å². The molecule has 2 heterocycles. The highest BCUT2D eigenvalue weighted by Crippen LogP contribution is 2.33. The van der Waals surface area contributed by atoms with Crippen LogP contribution in [0.3, 0.4) is 0 Å². The normalized spacial score (nSPS) is 18.6. The fourth-order valence-corrected chi connectivity index (χ4v) is 5.28. The molecule has 2 aliphatic rings. The van der Waals surface area contributed by atoms with Crippen molar-refractivity contribution in [2.75, 3.05) is 31.1 Å². The summed E-state index contributed by atoms with van der Waals surface area (Å²) in [7, 11) is 0. The third kappa shape index (κ3) is 5.93. The summed E-state index contributed by atoms with van der Waals surface area (Å²) in [5.74, 6) is 0.707. The molecule has 1 fully saturated rings. The van der Waals surface area contributed by atoms with Gasteiger partial charge >= 0.3 is 0 Å². The molecule has 5 rings (SSSR count). The molecule has 1 unspecified atom stereocenters. The summed E-state index contributed by atoms with van der Waals surface area (Å²) in [6.45, 7) is 4.55. The van der Waals surface area contributed by atoms with E-state index in [4.69, 9.17) is 0 Å². The smallest absolute Gasteiger partial charge is 0.232 e. The lowest BCUT2D eigenvalue weighted by molar-refractivity contribution is -0.118. The van der Waals surface area contributed by atoms with Crippen molar-refractivity contribution in [1.29, 1.82) is 0 Å². The predicted octanol–water partition coefficient (Wildman–Crippen LogP) is 5.38. The average molecular weight is 492 g/mol. The lowest BCUT2D eigenvalue weighted by Gasteiger charge is -2.35. The average Bonchev–Trinajstić information content (AvgIpc) is 3.20. The monoisotopic (exact) mass is 491 g/mol. The van der Waals surface area contributed by atoms with Gasteiger partial charge in [0.05, 0.1) is 0 Å². The molecule has 1 N–H and O–H groups in total. The molecule has 5 nitrogen and oxygen atoms in total. The molecule has 1 saturated heterocycles. The van der Waals surface area contributed by atoms with E-state index in [1.807, 2.05) is 83.8 Å². The van der Waals surface area contributed by atoms with Gasteiger partial charge in [0, 0.05) is 37.4 Å². The van der Waals surface area contributed by atoms with Gasteiger partial charge in [-0.1, -0.05) is 60.7 Å². The standard InChI is InChI=1S/C29H33N3O2.ClH/c33-28(32(25-10-3-1-4-11-25)26-12-5-2-6-13-26)17-20-30-18-15-23(16-19-30)21-31-22-24-9-7-8-14-27(24)29(31)34;/h1-14,23,29,34H,15-22H2;1H. The first-order valence-corrected chi connectivity index (χ1v) is 12.3. The second kappa shape index (κ2) is 11.8. The first kappa shape index (κ1) is 25.4. The van der Waals surface area contributed by atoms with Crippen LogP contribution in [0.25, 0.3) is 0 Å². The van der Waals surface area contributed by atoms with E-state index in [0.717, 1.165) is 62.5 Å². The molecule has 0 bridgehead atoms. The van der Waals surface area contributed by atoms with Crippen molar-refractivity contribution >= 4 is 29.7 Å². The molecule has 2 aliphatic heterocycles. The number of piperidine rings is 1. The maximum Gasteiger partial charge on any atom is 0.232 e. The van der Waals surface area contributed by atoms with Crippen molar-refractivity contribution in [2.45, 2.75) is 32.0 Å². The first-order chi connectivity index (χ1) is 16.7. The molecule has 184 valence electrons. The van der Waals surface area contributed by atoms with E-state index in [1.54, 1.807) is 0 Å². The Kier molecular flexibility index (Phi) is 8.58. The molecule has 35 heavy (non-hydrogen) atoms. The first-order valence-electron chi connectivity index (χ1n) is 12.3. The molecule has 0 radical (unpaired) electrons. The number of likely N-dealkylation sites (tertiary alicyclic amines) is 1. The van der Waals surface area contributed by atoms with Crippen LogP contribution in [0.4, 0.5) is 11.4 Å². The number of rotatable bonds is 7. The van der Waals surface area contributed by atoms with Gasteiger partial charge < -0.3 is 10.0 Å². The summed E-state index contributed by atoms with van der Waals surface area (Å²) in [6, 6.07) is 28.0. The van der Waals surface area contributed by atoms with Crippen molar-refractivity contribution in [3.8, 4) is 0 Å². The van der Waals surface area contributed by atoms with Crippen LogP contribution in [-0.2, 0) is 11.3 Å². The van der Waals surface area contributed by atoms with Gasteiger partial charge in [-0.05, 0) is 67.2 Å². The highest BCUT2D eigenvalue weighted by molar-refractivity contribution is 6.00. The van der Waals surface area contributed by atoms with E-state index in [2.05, 4.69) is 15.9 Å². The molecule has 3 aromatic rings. The lowest BCUT2D eigenvalue weighted by Crippen LogP contribution is -2.40. The van der Waals surface area contributed by atoms with E-state index >= 15 is 0 Å². The number of benzene rings is 3. The van der Waals surface area contributed by atoms with Crippen LogP contribution < -0.4 is 4.90 Å². The summed E-state index contributed by atoms with van der Waals surface area (Å²) in [5, 5.41) is 10.7. The number of hydrogen-bond acceptors (Lipinski definition) is 4. The van der Waals surface area contributed by atoms with E-state index in [-0.39, 0.29) is 18.3 Å². The quantitative estimate of drug-likeness (QED) is 0.482. The molecule has 6 heteroatoms. The fourth-order valence-electron chi connectivity index (χ4n) is 5.28.